The summed E-state index contributed by atoms with van der Waals surface area (Å²) in [4.78, 5) is 66.4. The lowest BCUT2D eigenvalue weighted by molar-refractivity contribution is -0.374. The van der Waals surface area contributed by atoms with Crippen molar-refractivity contribution in [3.8, 4) is 0 Å². The van der Waals surface area contributed by atoms with Gasteiger partial charge in [0.05, 0.1) is 62.4 Å². The lowest BCUT2D eigenvalue weighted by atomic mass is 9.94. The third-order valence-corrected chi connectivity index (χ3v) is 34.5. The molecule has 0 spiro atoms. The number of aliphatic hydroxyl groups is 1. The monoisotopic (exact) mass is 1880 g/mol. The maximum Gasteiger partial charge on any atom is 0.338 e. The normalized spacial score (nSPS) is 26.1. The number of esters is 4. The van der Waals surface area contributed by atoms with E-state index < -0.39 is 187 Å². The van der Waals surface area contributed by atoms with Gasteiger partial charge in [-0.05, 0) is 107 Å². The molecule has 0 aliphatic carbocycles. The van der Waals surface area contributed by atoms with E-state index in [9.17, 15) is 25.8 Å². The van der Waals surface area contributed by atoms with E-state index in [1.165, 1.54) is 31.2 Å². The van der Waals surface area contributed by atoms with Gasteiger partial charge in [-0.15, -0.1) is 0 Å². The Morgan fingerprint density at radius 1 is 0.397 bits per heavy atom. The molecule has 0 unspecified atom stereocenters. The van der Waals surface area contributed by atoms with Crippen molar-refractivity contribution in [1.82, 2.24) is 0 Å². The van der Waals surface area contributed by atoms with E-state index in [1.807, 2.05) is 182 Å². The molecule has 10 aromatic rings. The van der Waals surface area contributed by atoms with Gasteiger partial charge in [-0.3, -0.25) is 4.79 Å². The van der Waals surface area contributed by atoms with Crippen LogP contribution in [-0.2, 0) is 105 Å². The van der Waals surface area contributed by atoms with Crippen LogP contribution in [0.15, 0.2) is 312 Å². The molecule has 28 nitrogen and oxygen atoms in total. The van der Waals surface area contributed by atoms with E-state index in [1.54, 1.807) is 91.0 Å². The van der Waals surface area contributed by atoms with E-state index in [0.717, 1.165) is 30.8 Å². The maximum atomic E-state index is 15.7. The van der Waals surface area contributed by atoms with Crippen LogP contribution < -0.4 is 20.7 Å². The Balaban J connectivity index is 0.894. The Morgan fingerprint density at radius 2 is 0.733 bits per heavy atom. The fourth-order valence-corrected chi connectivity index (χ4v) is 27.2. The average Bonchev–Trinajstić information content (AvgIpc) is 1.06. The second-order valence-corrected chi connectivity index (χ2v) is 44.1. The molecule has 131 heavy (non-hydrogen) atoms. The molecule has 5 saturated heterocycles. The van der Waals surface area contributed by atoms with Crippen molar-refractivity contribution in [1.29, 1.82) is 0 Å². The Hall–Kier alpha value is -10.9. The summed E-state index contributed by atoms with van der Waals surface area (Å²) >= 11 is 3.54. The molecule has 31 heteroatoms. The molecule has 15 rings (SSSR count). The minimum atomic E-state index is -3.76. The largest absolute Gasteiger partial charge is 0.463 e. The zero-order valence-corrected chi connectivity index (χ0v) is 77.0. The number of aliphatic hydroxyl groups excluding tert-OH is 1. The molecule has 2 bridgehead atoms. The van der Waals surface area contributed by atoms with Gasteiger partial charge in [-0.1, -0.05) is 316 Å². The number of fused-ring (bicyclic) bond motifs is 2. The Labute approximate surface area is 770 Å². The number of ether oxygens (including phenoxy) is 15. The SMILES string of the molecule is CC(=O)OC[C@@H]1O[C@@H](O[C@H]2[C@H](OC(=O)c3ccccc3)[C@@H](N=[N+]=[N-])[C@@H](O[C@H]3[C@H](OCc4ccccc4)[C@@H](OC(=O)c4ccccc4)[C@H]4OC[C@@H]3O4)O[C@@H]2CO[Si](c2ccccc2)(c2ccccc2)C(C)(C)C)[C@H](OC(=O)c2ccccc2)[C@@H](OCc2ccccc2)[C@@H]1O[C@H]1O[C@H](CO[Si](c2ccccc2)(c2ccccc2)C(C)(C)C)[C@@H](O)[C@H](OCc2ccc(Br)cc2)[C@H]1N=[N+]=[N-]. The number of azide groups is 2. The van der Waals surface area contributed by atoms with Gasteiger partial charge >= 0.3 is 23.9 Å². The highest BCUT2D eigenvalue weighted by Crippen LogP contribution is 2.45. The lowest BCUT2D eigenvalue weighted by Gasteiger charge is -2.51. The van der Waals surface area contributed by atoms with Crippen molar-refractivity contribution in [3.05, 3.63) is 356 Å². The predicted molar refractivity (Wildman–Crippen MR) is 491 cm³/mol. The molecule has 0 aromatic heterocycles. The first-order valence-electron chi connectivity index (χ1n) is 43.6. The third-order valence-electron chi connectivity index (χ3n) is 24.0. The number of carbonyl (C=O) groups excluding carboxylic acids is 4. The van der Waals surface area contributed by atoms with Crippen molar-refractivity contribution >= 4 is 77.2 Å². The number of hydrogen-bond donors (Lipinski definition) is 1. The quantitative estimate of drug-likeness (QED) is 0.00962. The van der Waals surface area contributed by atoms with Crippen LogP contribution in [-0.4, -0.2) is 195 Å². The number of nitrogens with zero attached hydrogens (tertiary/aromatic N) is 6. The van der Waals surface area contributed by atoms with Crippen molar-refractivity contribution in [3.63, 3.8) is 0 Å². The molecule has 682 valence electrons. The predicted octanol–water partition coefficient (Wildman–Crippen LogP) is 14.7. The van der Waals surface area contributed by atoms with Crippen molar-refractivity contribution in [2.75, 3.05) is 26.4 Å². The van der Waals surface area contributed by atoms with E-state index in [4.69, 9.17) is 79.9 Å². The average molecular weight is 1880 g/mol. The van der Waals surface area contributed by atoms with Crippen molar-refractivity contribution in [2.24, 2.45) is 10.2 Å². The molecule has 5 fully saturated rings. The standard InChI is InChI=1S/C100H105BrN6O22Si2/c1-64(108)113-60-77-84(127-95-80(104-106-102)86(114-59-67-53-55-71(101)56-54-67)82(109)76(120-95)62-118-130(99(2,3)4,72-45-27-13-28-46-72)73-47-29-14-30-48-73)89(116-58-66-37-19-9-20-38-66)91(126-94(112)70-43-25-12-26-44-70)98(123-77)129-83-79(63-119-131(100(5,6)7,74-49-31-15-32-50-74)75-51-33-16-34-52-75)121-96(81(105-107-103)87(83)124-92(110)68-39-21-10-22-40-68)128-85-78-61-117-97(122-78)90(125-93(111)69-41-23-11-24-42-69)88(85)115-57-65-35-17-8-18-36-65/h8-56,76-91,95-98,109H,57-63H2,1-7H3/t76-,77+,78+,79-,80-,81-,82-,83-,84-,85-,86-,87-,88+,89+,90-,91-,95-,96-,97+,98+/m1/s1. The second-order valence-electron chi connectivity index (χ2n) is 34.6. The Kier molecular flexibility index (Phi) is 31.5. The molecule has 5 heterocycles. The van der Waals surface area contributed by atoms with Gasteiger partial charge in [-0.25, -0.2) is 14.4 Å². The van der Waals surface area contributed by atoms with Crippen LogP contribution in [0.25, 0.3) is 20.9 Å². The minimum absolute atomic E-state index is 0.0379. The van der Waals surface area contributed by atoms with Crippen molar-refractivity contribution in [2.45, 2.75) is 201 Å². The lowest BCUT2D eigenvalue weighted by Crippen LogP contribution is -2.70. The summed E-state index contributed by atoms with van der Waals surface area (Å²) in [7, 11) is -7.25. The first kappa shape index (κ1) is 94.7. The first-order valence-corrected chi connectivity index (χ1v) is 48.2. The zero-order valence-electron chi connectivity index (χ0n) is 73.4. The summed E-state index contributed by atoms with van der Waals surface area (Å²) < 4.78 is 121. The summed E-state index contributed by atoms with van der Waals surface area (Å²) in [6, 6.07) is 86.0. The maximum absolute atomic E-state index is 15.7. The molecule has 1 N–H and O–H groups in total. The highest BCUT2D eigenvalue weighted by molar-refractivity contribution is 9.10. The third kappa shape index (κ3) is 22.0. The first-order chi connectivity index (χ1) is 63.5. The molecule has 10 aromatic carbocycles. The summed E-state index contributed by atoms with van der Waals surface area (Å²) in [6.45, 7) is 11.7. The van der Waals surface area contributed by atoms with Gasteiger partial charge in [0.1, 0.15) is 85.8 Å². The van der Waals surface area contributed by atoms with E-state index in [0.29, 0.717) is 11.1 Å². The fourth-order valence-electron chi connectivity index (χ4n) is 17.8. The molecule has 5 aliphatic heterocycles. The van der Waals surface area contributed by atoms with Gasteiger partial charge < -0.3 is 85.0 Å². The Bertz CT molecular complexity index is 5400. The molecule has 0 saturated carbocycles. The number of halogens is 1. The molecule has 5 aliphatic rings. The van der Waals surface area contributed by atoms with Crippen LogP contribution in [0.4, 0.5) is 0 Å². The summed E-state index contributed by atoms with van der Waals surface area (Å²) in [6.07, 6.45) is -28.5. The Morgan fingerprint density at radius 3 is 1.16 bits per heavy atom. The number of carbonyl (C=O) groups is 4. The molecular weight excluding hydrogens is 1770 g/mol. The van der Waals surface area contributed by atoms with E-state index in [-0.39, 0.29) is 49.7 Å². The van der Waals surface area contributed by atoms with Gasteiger partial charge in [0.2, 0.25) is 0 Å². The number of hydrogen-bond acceptors (Lipinski definition) is 24. The highest BCUT2D eigenvalue weighted by atomic mass is 79.9. The number of benzene rings is 10. The number of rotatable bonds is 35. The van der Waals surface area contributed by atoms with Gasteiger partial charge in [0.25, 0.3) is 16.6 Å². The highest BCUT2D eigenvalue weighted by Gasteiger charge is 2.62. The molecular formula is C100H105BrN6O22Si2. The van der Waals surface area contributed by atoms with Crippen LogP contribution in [0.2, 0.25) is 10.1 Å². The van der Waals surface area contributed by atoms with E-state index in [2.05, 4.69) is 77.5 Å². The second kappa shape index (κ2) is 43.6. The minimum Gasteiger partial charge on any atom is -0.463 e. The van der Waals surface area contributed by atoms with Crippen LogP contribution >= 0.6 is 15.9 Å². The van der Waals surface area contributed by atoms with Crippen LogP contribution in [0.1, 0.15) is 96.2 Å². The smallest absolute Gasteiger partial charge is 0.338 e. The fraction of sp³-hybridized carbons (Fsp3) is 0.360. The summed E-state index contributed by atoms with van der Waals surface area (Å²) in [5.74, 6) is -3.43. The van der Waals surface area contributed by atoms with Crippen LogP contribution in [0, 0.1) is 0 Å². The summed E-state index contributed by atoms with van der Waals surface area (Å²) in [5.41, 5.74) is 24.5. The molecule has 20 atom stereocenters. The van der Waals surface area contributed by atoms with E-state index >= 15 is 9.59 Å². The van der Waals surface area contributed by atoms with Gasteiger partial charge in [0, 0.05) is 21.2 Å². The summed E-state index contributed by atoms with van der Waals surface area (Å²) in [5, 5.41) is 24.2. The zero-order chi connectivity index (χ0) is 91.7. The van der Waals surface area contributed by atoms with Gasteiger partial charge in [0.15, 0.2) is 37.4 Å². The molecule has 0 radical (unpaired) electrons. The van der Waals surface area contributed by atoms with Crippen molar-refractivity contribution < 1.29 is 104 Å². The van der Waals surface area contributed by atoms with Crippen LogP contribution in [0.5, 0.6) is 0 Å². The topological polar surface area (TPSA) is 343 Å². The van der Waals surface area contributed by atoms with Gasteiger partial charge in [-0.2, -0.15) is 0 Å². The molecule has 0 amide bonds. The van der Waals surface area contributed by atoms with Crippen LogP contribution in [0.3, 0.4) is 0 Å².